The molecular formula is C15H16N3O2+. The molecule has 1 heterocycles. The van der Waals surface area contributed by atoms with Gasteiger partial charge in [-0.15, -0.1) is 0 Å². The molecule has 1 atom stereocenters. The van der Waals surface area contributed by atoms with Crippen molar-refractivity contribution >= 4 is 17.5 Å². The number of hydrogen-bond donors (Lipinski definition) is 2. The minimum atomic E-state index is -0.519. The van der Waals surface area contributed by atoms with Crippen molar-refractivity contribution in [1.82, 2.24) is 0 Å². The zero-order chi connectivity index (χ0) is 14.5. The van der Waals surface area contributed by atoms with Crippen molar-refractivity contribution < 1.29 is 14.2 Å². The molecule has 0 unspecified atom stereocenters. The van der Waals surface area contributed by atoms with Gasteiger partial charge in [-0.05, 0) is 18.2 Å². The first-order chi connectivity index (χ1) is 9.58. The number of aromatic nitrogens is 1. The lowest BCUT2D eigenvalue weighted by atomic mass is 10.2. The van der Waals surface area contributed by atoms with E-state index >= 15 is 0 Å². The predicted molar refractivity (Wildman–Crippen MR) is 74.9 cm³/mol. The first-order valence-corrected chi connectivity index (χ1v) is 6.24. The van der Waals surface area contributed by atoms with Crippen LogP contribution in [0.4, 0.5) is 5.69 Å². The number of carbonyl (C=O) groups excluding carboxylic acids is 2. The number of amides is 2. The van der Waals surface area contributed by atoms with Gasteiger partial charge < -0.3 is 11.1 Å². The van der Waals surface area contributed by atoms with Gasteiger partial charge in [0.25, 0.3) is 11.8 Å². The molecule has 0 saturated heterocycles. The highest BCUT2D eigenvalue weighted by atomic mass is 16.2. The molecule has 1 aromatic carbocycles. The summed E-state index contributed by atoms with van der Waals surface area (Å²) >= 11 is 0. The molecule has 1 aromatic heterocycles. The van der Waals surface area contributed by atoms with Crippen LogP contribution in [0.2, 0.25) is 0 Å². The average Bonchev–Trinajstić information content (AvgIpc) is 2.47. The molecule has 0 aliphatic rings. The van der Waals surface area contributed by atoms with Crippen molar-refractivity contribution in [2.24, 2.45) is 5.73 Å². The Morgan fingerprint density at radius 3 is 2.50 bits per heavy atom. The number of nitrogens with two attached hydrogens (primary N) is 1. The SMILES string of the molecule is C[C@@H](C(=O)Nc1ccccc1)[n+]1cccc(C(N)=O)c1. The quantitative estimate of drug-likeness (QED) is 0.821. The summed E-state index contributed by atoms with van der Waals surface area (Å²) in [6.07, 6.45) is 3.29. The van der Waals surface area contributed by atoms with Crippen LogP contribution in [0.25, 0.3) is 0 Å². The number of primary amides is 1. The van der Waals surface area contributed by atoms with E-state index in [2.05, 4.69) is 5.32 Å². The highest BCUT2D eigenvalue weighted by molar-refractivity contribution is 5.93. The summed E-state index contributed by atoms with van der Waals surface area (Å²) in [6.45, 7) is 1.75. The molecule has 0 radical (unpaired) electrons. The lowest BCUT2D eigenvalue weighted by Gasteiger charge is -2.09. The van der Waals surface area contributed by atoms with Crippen LogP contribution in [0.1, 0.15) is 23.3 Å². The van der Waals surface area contributed by atoms with Gasteiger partial charge in [0.1, 0.15) is 5.56 Å². The molecule has 2 aromatic rings. The largest absolute Gasteiger partial charge is 0.365 e. The fraction of sp³-hybridized carbons (Fsp3) is 0.133. The third-order valence-corrected chi connectivity index (χ3v) is 2.97. The van der Waals surface area contributed by atoms with E-state index in [0.717, 1.165) is 5.69 Å². The van der Waals surface area contributed by atoms with Gasteiger partial charge in [-0.25, -0.2) is 0 Å². The topological polar surface area (TPSA) is 76.1 Å². The Balaban J connectivity index is 2.14. The zero-order valence-corrected chi connectivity index (χ0v) is 11.1. The Morgan fingerprint density at radius 1 is 1.15 bits per heavy atom. The second-order valence-corrected chi connectivity index (χ2v) is 4.44. The molecule has 0 spiro atoms. The lowest BCUT2D eigenvalue weighted by Crippen LogP contribution is -2.44. The molecule has 102 valence electrons. The predicted octanol–water partition coefficient (Wildman–Crippen LogP) is 1.27. The first-order valence-electron chi connectivity index (χ1n) is 6.24. The summed E-state index contributed by atoms with van der Waals surface area (Å²) in [4.78, 5) is 23.3. The number of anilines is 1. The molecule has 3 N–H and O–H groups in total. The van der Waals surface area contributed by atoms with E-state index in [1.807, 2.05) is 30.3 Å². The minimum Gasteiger partial charge on any atom is -0.365 e. The standard InChI is InChI=1S/C15H15N3O2/c1-11(15(20)17-13-7-3-2-4-8-13)18-9-5-6-12(10-18)14(16)19/h2-11H,1H3,(H2-,16,17,19,20)/p+1/t11-/m0/s1. The van der Waals surface area contributed by atoms with E-state index < -0.39 is 11.9 Å². The van der Waals surface area contributed by atoms with Crippen LogP contribution in [-0.2, 0) is 4.79 Å². The molecule has 0 aliphatic heterocycles. The smallest absolute Gasteiger partial charge is 0.293 e. The van der Waals surface area contributed by atoms with E-state index in [1.54, 1.807) is 36.0 Å². The number of nitrogens with one attached hydrogen (secondary N) is 1. The Hall–Kier alpha value is -2.69. The molecule has 5 nitrogen and oxygen atoms in total. The summed E-state index contributed by atoms with van der Waals surface area (Å²) in [6, 6.07) is 12.1. The summed E-state index contributed by atoms with van der Waals surface area (Å²) < 4.78 is 1.65. The second kappa shape index (κ2) is 5.97. The fourth-order valence-electron chi connectivity index (χ4n) is 1.78. The van der Waals surface area contributed by atoms with Crippen LogP contribution in [-0.4, -0.2) is 11.8 Å². The first kappa shape index (κ1) is 13.7. The van der Waals surface area contributed by atoms with E-state index in [0.29, 0.717) is 5.56 Å². The number of para-hydroxylation sites is 1. The van der Waals surface area contributed by atoms with E-state index in [1.165, 1.54) is 0 Å². The number of carbonyl (C=O) groups is 2. The summed E-state index contributed by atoms with van der Waals surface area (Å²) in [7, 11) is 0. The molecule has 2 amide bonds. The Bertz CT molecular complexity index is 626. The summed E-state index contributed by atoms with van der Waals surface area (Å²) in [5.41, 5.74) is 6.33. The maximum Gasteiger partial charge on any atom is 0.293 e. The second-order valence-electron chi connectivity index (χ2n) is 4.44. The number of benzene rings is 1. The molecule has 20 heavy (non-hydrogen) atoms. The highest BCUT2D eigenvalue weighted by Crippen LogP contribution is 2.08. The van der Waals surface area contributed by atoms with Gasteiger partial charge in [-0.2, -0.15) is 4.57 Å². The van der Waals surface area contributed by atoms with Crippen LogP contribution in [0, 0.1) is 0 Å². The van der Waals surface area contributed by atoms with E-state index in [9.17, 15) is 9.59 Å². The lowest BCUT2D eigenvalue weighted by molar-refractivity contribution is -0.705. The molecule has 0 bridgehead atoms. The minimum absolute atomic E-state index is 0.164. The summed E-state index contributed by atoms with van der Waals surface area (Å²) in [5.74, 6) is -0.683. The van der Waals surface area contributed by atoms with E-state index in [4.69, 9.17) is 5.73 Å². The number of pyridine rings is 1. The monoisotopic (exact) mass is 270 g/mol. The fourth-order valence-corrected chi connectivity index (χ4v) is 1.78. The maximum atomic E-state index is 12.1. The van der Waals surface area contributed by atoms with Gasteiger partial charge in [0, 0.05) is 18.7 Å². The summed E-state index contributed by atoms with van der Waals surface area (Å²) in [5, 5.41) is 2.81. The number of nitrogens with zero attached hydrogens (tertiary/aromatic N) is 1. The van der Waals surface area contributed by atoms with Crippen molar-refractivity contribution in [3.8, 4) is 0 Å². The molecule has 0 aliphatic carbocycles. The van der Waals surface area contributed by atoms with Gasteiger partial charge in [0.15, 0.2) is 12.4 Å². The number of hydrogen-bond acceptors (Lipinski definition) is 2. The van der Waals surface area contributed by atoms with Gasteiger partial charge in [-0.3, -0.25) is 9.59 Å². The van der Waals surface area contributed by atoms with Gasteiger partial charge in [0.05, 0.1) is 0 Å². The van der Waals surface area contributed by atoms with E-state index in [-0.39, 0.29) is 5.91 Å². The van der Waals surface area contributed by atoms with Crippen LogP contribution >= 0.6 is 0 Å². The zero-order valence-electron chi connectivity index (χ0n) is 11.1. The van der Waals surface area contributed by atoms with Crippen molar-refractivity contribution in [3.05, 3.63) is 60.4 Å². The molecule has 2 rings (SSSR count). The van der Waals surface area contributed by atoms with Gasteiger partial charge in [0.2, 0.25) is 6.04 Å². The van der Waals surface area contributed by atoms with Crippen molar-refractivity contribution in [2.45, 2.75) is 13.0 Å². The van der Waals surface area contributed by atoms with Crippen LogP contribution in [0.5, 0.6) is 0 Å². The van der Waals surface area contributed by atoms with Crippen LogP contribution in [0.3, 0.4) is 0 Å². The third kappa shape index (κ3) is 3.20. The molecule has 5 heteroatoms. The van der Waals surface area contributed by atoms with Crippen molar-refractivity contribution in [3.63, 3.8) is 0 Å². The maximum absolute atomic E-state index is 12.1. The Labute approximate surface area is 117 Å². The van der Waals surface area contributed by atoms with Gasteiger partial charge >= 0.3 is 0 Å². The van der Waals surface area contributed by atoms with Crippen molar-refractivity contribution in [1.29, 1.82) is 0 Å². The molecule has 0 saturated carbocycles. The molecule has 0 fully saturated rings. The Morgan fingerprint density at radius 2 is 1.85 bits per heavy atom. The Kier molecular flexibility index (Phi) is 4.10. The van der Waals surface area contributed by atoms with Crippen molar-refractivity contribution in [2.75, 3.05) is 5.32 Å². The van der Waals surface area contributed by atoms with Crippen LogP contribution in [0.15, 0.2) is 54.9 Å². The highest BCUT2D eigenvalue weighted by Gasteiger charge is 2.22. The van der Waals surface area contributed by atoms with Crippen LogP contribution < -0.4 is 15.6 Å². The molecular weight excluding hydrogens is 254 g/mol. The normalized spacial score (nSPS) is 11.7. The average molecular weight is 270 g/mol. The third-order valence-electron chi connectivity index (χ3n) is 2.97. The number of rotatable bonds is 4. The van der Waals surface area contributed by atoms with Gasteiger partial charge in [-0.1, -0.05) is 18.2 Å².